The average molecular weight is 398 g/mol. The lowest BCUT2D eigenvalue weighted by atomic mass is 10.1. The van der Waals surface area contributed by atoms with Crippen molar-refractivity contribution in [3.8, 4) is 5.75 Å². The van der Waals surface area contributed by atoms with Crippen LogP contribution in [0.2, 0.25) is 0 Å². The number of carbonyl (C=O) groups is 4. The number of carboxylic acids is 1. The van der Waals surface area contributed by atoms with Crippen LogP contribution in [0.1, 0.15) is 12.5 Å². The summed E-state index contributed by atoms with van der Waals surface area (Å²) < 4.78 is 19.2. The molecule has 1 aliphatic rings. The number of hydrogen-bond acceptors (Lipinski definition) is 5. The van der Waals surface area contributed by atoms with E-state index in [1.807, 2.05) is 5.32 Å². The first-order valence-electron chi connectivity index (χ1n) is 8.43. The van der Waals surface area contributed by atoms with Gasteiger partial charge in [-0.15, -0.1) is 0 Å². The summed E-state index contributed by atoms with van der Waals surface area (Å²) in [5.74, 6) is -3.52. The van der Waals surface area contributed by atoms with Gasteiger partial charge in [-0.25, -0.2) is 18.9 Å². The minimum Gasteiger partial charge on any atom is -0.479 e. The molecule has 0 bridgehead atoms. The molecule has 1 saturated heterocycles. The van der Waals surface area contributed by atoms with E-state index < -0.39 is 35.7 Å². The third-order valence-electron chi connectivity index (χ3n) is 4.05. The van der Waals surface area contributed by atoms with Crippen LogP contribution in [-0.4, -0.2) is 35.0 Å². The van der Waals surface area contributed by atoms with Gasteiger partial charge in [-0.3, -0.25) is 14.9 Å². The van der Waals surface area contributed by atoms with Gasteiger partial charge in [0.1, 0.15) is 17.1 Å². The van der Waals surface area contributed by atoms with Crippen molar-refractivity contribution < 1.29 is 33.4 Å². The summed E-state index contributed by atoms with van der Waals surface area (Å²) in [5.41, 5.74) is -0.220. The lowest BCUT2D eigenvalue weighted by molar-refractivity contribution is -0.144. The Kier molecular flexibility index (Phi) is 5.40. The third kappa shape index (κ3) is 4.13. The Morgan fingerprint density at radius 1 is 1.14 bits per heavy atom. The molecule has 1 aliphatic heterocycles. The van der Waals surface area contributed by atoms with Gasteiger partial charge in [-0.2, -0.15) is 0 Å². The van der Waals surface area contributed by atoms with E-state index in [-0.39, 0.29) is 17.0 Å². The molecule has 29 heavy (non-hydrogen) atoms. The number of urea groups is 1. The first-order valence-corrected chi connectivity index (χ1v) is 8.43. The molecule has 4 amide bonds. The topological polar surface area (TPSA) is 113 Å². The summed E-state index contributed by atoms with van der Waals surface area (Å²) in [7, 11) is 0. The number of rotatable bonds is 5. The van der Waals surface area contributed by atoms with Gasteiger partial charge in [0.05, 0.1) is 5.69 Å². The van der Waals surface area contributed by atoms with Gasteiger partial charge in [0.15, 0.2) is 6.10 Å². The molecule has 1 fully saturated rings. The average Bonchev–Trinajstić information content (AvgIpc) is 2.67. The molecular weight excluding hydrogens is 383 g/mol. The van der Waals surface area contributed by atoms with Crippen molar-refractivity contribution >= 4 is 35.6 Å². The van der Waals surface area contributed by atoms with Crippen molar-refractivity contribution in [2.45, 2.75) is 13.0 Å². The molecule has 8 nitrogen and oxygen atoms in total. The number of anilines is 1. The van der Waals surface area contributed by atoms with Crippen LogP contribution in [0.5, 0.6) is 5.75 Å². The van der Waals surface area contributed by atoms with Crippen LogP contribution in [0.25, 0.3) is 6.08 Å². The first kappa shape index (κ1) is 19.7. The Balaban J connectivity index is 1.89. The van der Waals surface area contributed by atoms with Gasteiger partial charge in [0.25, 0.3) is 11.8 Å². The molecular formula is C20H15FN2O6. The summed E-state index contributed by atoms with van der Waals surface area (Å²) in [4.78, 5) is 48.3. The van der Waals surface area contributed by atoms with Gasteiger partial charge in [-0.05, 0) is 42.8 Å². The number of imide groups is 2. The van der Waals surface area contributed by atoms with Crippen LogP contribution in [0.3, 0.4) is 0 Å². The highest BCUT2D eigenvalue weighted by Crippen LogP contribution is 2.25. The van der Waals surface area contributed by atoms with Gasteiger partial charge in [-0.1, -0.05) is 24.3 Å². The zero-order valence-electron chi connectivity index (χ0n) is 15.1. The zero-order chi connectivity index (χ0) is 21.1. The summed E-state index contributed by atoms with van der Waals surface area (Å²) in [6.45, 7) is 1.37. The number of ether oxygens (including phenoxy) is 1. The number of nitrogens with one attached hydrogen (secondary N) is 1. The standard InChI is InChI=1S/C20H15FN2O6/c1-11(19(26)27)29-13-8-6-12(7-9-13)10-14-17(24)22-20(28)23(18(14)25)16-5-3-2-4-15(16)21/h2-11H,1H3,(H,26,27)(H,22,24,28)/b14-10-/t11-/m0/s1. The summed E-state index contributed by atoms with van der Waals surface area (Å²) >= 11 is 0. The van der Waals surface area contributed by atoms with Crippen molar-refractivity contribution in [1.82, 2.24) is 5.32 Å². The van der Waals surface area contributed by atoms with E-state index in [1.54, 1.807) is 0 Å². The number of benzene rings is 2. The number of carbonyl (C=O) groups excluding carboxylic acids is 3. The van der Waals surface area contributed by atoms with Crippen molar-refractivity contribution in [3.63, 3.8) is 0 Å². The molecule has 2 N–H and O–H groups in total. The molecule has 1 heterocycles. The molecule has 1 atom stereocenters. The molecule has 0 radical (unpaired) electrons. The van der Waals surface area contributed by atoms with E-state index in [4.69, 9.17) is 9.84 Å². The van der Waals surface area contributed by atoms with Crippen molar-refractivity contribution in [2.75, 3.05) is 4.90 Å². The van der Waals surface area contributed by atoms with Crippen molar-refractivity contribution in [3.05, 3.63) is 65.5 Å². The first-order chi connectivity index (χ1) is 13.8. The van der Waals surface area contributed by atoms with Gasteiger partial charge in [0, 0.05) is 0 Å². The Morgan fingerprint density at radius 2 is 1.79 bits per heavy atom. The number of carboxylic acid groups (broad SMARTS) is 1. The van der Waals surface area contributed by atoms with Gasteiger partial charge >= 0.3 is 12.0 Å². The summed E-state index contributed by atoms with van der Waals surface area (Å²) in [5, 5.41) is 10.9. The number of nitrogens with zero attached hydrogens (tertiary/aromatic N) is 1. The number of amides is 4. The van der Waals surface area contributed by atoms with E-state index in [0.29, 0.717) is 10.5 Å². The number of barbiturate groups is 1. The quantitative estimate of drug-likeness (QED) is 0.591. The summed E-state index contributed by atoms with van der Waals surface area (Å²) in [6.07, 6.45) is 0.188. The maximum atomic E-state index is 14.0. The highest BCUT2D eigenvalue weighted by atomic mass is 19.1. The fraction of sp³-hybridized carbons (Fsp3) is 0.100. The lowest BCUT2D eigenvalue weighted by Gasteiger charge is -2.26. The highest BCUT2D eigenvalue weighted by molar-refractivity contribution is 6.39. The molecule has 3 rings (SSSR count). The van der Waals surface area contributed by atoms with Crippen LogP contribution < -0.4 is 15.0 Å². The van der Waals surface area contributed by atoms with E-state index in [2.05, 4.69) is 0 Å². The minimum atomic E-state index is -1.13. The van der Waals surface area contributed by atoms with E-state index in [9.17, 15) is 23.6 Å². The Morgan fingerprint density at radius 3 is 2.41 bits per heavy atom. The van der Waals surface area contributed by atoms with E-state index >= 15 is 0 Å². The molecule has 2 aromatic rings. The molecule has 0 unspecified atom stereocenters. The normalized spacial score (nSPS) is 16.6. The predicted octanol–water partition coefficient (Wildman–Crippen LogP) is 2.34. The lowest BCUT2D eigenvalue weighted by Crippen LogP contribution is -2.54. The fourth-order valence-corrected chi connectivity index (χ4v) is 2.57. The molecule has 0 aliphatic carbocycles. The largest absolute Gasteiger partial charge is 0.479 e. The van der Waals surface area contributed by atoms with Crippen molar-refractivity contribution in [2.24, 2.45) is 0 Å². The van der Waals surface area contributed by atoms with Crippen LogP contribution in [0.15, 0.2) is 54.1 Å². The van der Waals surface area contributed by atoms with Crippen LogP contribution in [0, 0.1) is 5.82 Å². The maximum Gasteiger partial charge on any atom is 0.344 e. The molecule has 0 aromatic heterocycles. The Hall–Kier alpha value is -4.01. The number of para-hydroxylation sites is 1. The molecule has 9 heteroatoms. The zero-order valence-corrected chi connectivity index (χ0v) is 15.1. The maximum absolute atomic E-state index is 14.0. The second-order valence-corrected chi connectivity index (χ2v) is 6.08. The molecule has 0 spiro atoms. The predicted molar refractivity (Wildman–Crippen MR) is 99.6 cm³/mol. The monoisotopic (exact) mass is 398 g/mol. The number of halogens is 1. The Labute approximate surface area is 164 Å². The summed E-state index contributed by atoms with van der Waals surface area (Å²) in [6, 6.07) is 10.1. The Bertz CT molecular complexity index is 1030. The smallest absolute Gasteiger partial charge is 0.344 e. The number of aliphatic carboxylic acids is 1. The minimum absolute atomic E-state index is 0.278. The molecule has 0 saturated carbocycles. The SMILES string of the molecule is C[C@H](Oc1ccc(/C=C2/C(=O)NC(=O)N(c3ccccc3F)C2=O)cc1)C(=O)O. The van der Waals surface area contributed by atoms with E-state index in [0.717, 1.165) is 6.07 Å². The van der Waals surface area contributed by atoms with Crippen LogP contribution in [-0.2, 0) is 14.4 Å². The molecule has 2 aromatic carbocycles. The van der Waals surface area contributed by atoms with Gasteiger partial charge in [0.2, 0.25) is 0 Å². The molecule has 148 valence electrons. The highest BCUT2D eigenvalue weighted by Gasteiger charge is 2.37. The number of hydrogen-bond donors (Lipinski definition) is 2. The van der Waals surface area contributed by atoms with Gasteiger partial charge < -0.3 is 9.84 Å². The van der Waals surface area contributed by atoms with E-state index in [1.165, 1.54) is 55.5 Å². The second kappa shape index (κ2) is 7.93. The second-order valence-electron chi connectivity index (χ2n) is 6.08. The fourth-order valence-electron chi connectivity index (χ4n) is 2.57. The third-order valence-corrected chi connectivity index (χ3v) is 4.05. The van der Waals surface area contributed by atoms with Crippen LogP contribution >= 0.6 is 0 Å². The van der Waals surface area contributed by atoms with Crippen LogP contribution in [0.4, 0.5) is 14.9 Å². The van der Waals surface area contributed by atoms with Crippen molar-refractivity contribution in [1.29, 1.82) is 0 Å².